The highest BCUT2D eigenvalue weighted by molar-refractivity contribution is 7.80. The van der Waals surface area contributed by atoms with Crippen molar-refractivity contribution in [3.63, 3.8) is 0 Å². The molecule has 0 radical (unpaired) electrons. The Morgan fingerprint density at radius 1 is 1.37 bits per heavy atom. The van der Waals surface area contributed by atoms with Gasteiger partial charge < -0.3 is 15.2 Å². The van der Waals surface area contributed by atoms with Crippen LogP contribution in [0.3, 0.4) is 0 Å². The zero-order chi connectivity index (χ0) is 14.3. The molecule has 0 saturated heterocycles. The molecule has 0 amide bonds. The third-order valence-electron chi connectivity index (χ3n) is 2.28. The average Bonchev–Trinajstić information content (AvgIpc) is 2.38. The maximum Gasteiger partial charge on any atom is 0.126 e. The van der Waals surface area contributed by atoms with Gasteiger partial charge in [0.25, 0.3) is 0 Å². The molecule has 0 bridgehead atoms. The summed E-state index contributed by atoms with van der Waals surface area (Å²) in [4.78, 5) is 0.0618. The molecule has 0 aliphatic rings. The van der Waals surface area contributed by atoms with Gasteiger partial charge in [0.15, 0.2) is 0 Å². The van der Waals surface area contributed by atoms with Crippen LogP contribution in [-0.4, -0.2) is 18.2 Å². The summed E-state index contributed by atoms with van der Waals surface area (Å²) in [6.45, 7) is 4.89. The van der Waals surface area contributed by atoms with E-state index < -0.39 is 0 Å². The molecule has 1 rings (SSSR count). The van der Waals surface area contributed by atoms with Crippen LogP contribution >= 0.6 is 12.2 Å². The lowest BCUT2D eigenvalue weighted by Gasteiger charge is -2.10. The number of rotatable bonds is 6. The zero-order valence-corrected chi connectivity index (χ0v) is 11.8. The van der Waals surface area contributed by atoms with Crippen molar-refractivity contribution in [3.05, 3.63) is 29.3 Å². The summed E-state index contributed by atoms with van der Waals surface area (Å²) in [6, 6.07) is 7.38. The second-order valence-electron chi connectivity index (χ2n) is 3.60. The predicted octanol–water partition coefficient (Wildman–Crippen LogP) is 2.68. The highest BCUT2D eigenvalue weighted by Gasteiger charge is 2.07. The fourth-order valence-electron chi connectivity index (χ4n) is 1.50. The van der Waals surface area contributed by atoms with Crippen LogP contribution in [0.15, 0.2) is 23.8 Å². The maximum atomic E-state index is 8.99. The molecular formula is C14H16N2O2S. The van der Waals surface area contributed by atoms with Crippen LogP contribution < -0.4 is 15.2 Å². The Morgan fingerprint density at radius 2 is 2.05 bits per heavy atom. The van der Waals surface area contributed by atoms with E-state index in [2.05, 4.69) is 0 Å². The minimum absolute atomic E-state index is 0.0618. The molecule has 0 unspecified atom stereocenters. The van der Waals surface area contributed by atoms with Gasteiger partial charge in [-0.25, -0.2) is 0 Å². The largest absolute Gasteiger partial charge is 0.494 e. The maximum absolute atomic E-state index is 8.99. The smallest absolute Gasteiger partial charge is 0.126 e. The van der Waals surface area contributed by atoms with E-state index in [4.69, 9.17) is 32.7 Å². The molecule has 19 heavy (non-hydrogen) atoms. The second-order valence-corrected chi connectivity index (χ2v) is 4.04. The highest BCUT2D eigenvalue weighted by atomic mass is 32.1. The van der Waals surface area contributed by atoms with Crippen molar-refractivity contribution in [2.24, 2.45) is 5.73 Å². The third-order valence-corrected chi connectivity index (χ3v) is 2.50. The van der Waals surface area contributed by atoms with Crippen molar-refractivity contribution in [3.8, 4) is 17.6 Å². The Morgan fingerprint density at radius 3 is 2.58 bits per heavy atom. The van der Waals surface area contributed by atoms with Gasteiger partial charge in [-0.3, -0.25) is 0 Å². The molecule has 0 aliphatic heterocycles. The first-order valence-electron chi connectivity index (χ1n) is 5.93. The molecule has 0 aliphatic carbocycles. The molecule has 0 spiro atoms. The second kappa shape index (κ2) is 7.39. The van der Waals surface area contributed by atoms with E-state index >= 15 is 0 Å². The summed E-state index contributed by atoms with van der Waals surface area (Å²) in [5.74, 6) is 1.37. The van der Waals surface area contributed by atoms with Crippen molar-refractivity contribution in [1.29, 1.82) is 5.26 Å². The van der Waals surface area contributed by atoms with Crippen molar-refractivity contribution < 1.29 is 9.47 Å². The number of thiocarbonyl (C=S) groups is 1. The Kier molecular flexibility index (Phi) is 5.83. The minimum Gasteiger partial charge on any atom is -0.494 e. The molecular weight excluding hydrogens is 260 g/mol. The topological polar surface area (TPSA) is 68.3 Å². The van der Waals surface area contributed by atoms with Crippen molar-refractivity contribution in [2.45, 2.75) is 13.8 Å². The third kappa shape index (κ3) is 4.27. The Labute approximate surface area is 118 Å². The summed E-state index contributed by atoms with van der Waals surface area (Å²) >= 11 is 4.82. The van der Waals surface area contributed by atoms with Gasteiger partial charge in [0.1, 0.15) is 22.6 Å². The first kappa shape index (κ1) is 15.0. The number of ether oxygens (including phenoxy) is 2. The van der Waals surface area contributed by atoms with E-state index in [0.29, 0.717) is 24.7 Å². The molecule has 2 N–H and O–H groups in total. The van der Waals surface area contributed by atoms with Crippen molar-refractivity contribution >= 4 is 23.3 Å². The highest BCUT2D eigenvalue weighted by Crippen LogP contribution is 2.26. The normalized spacial score (nSPS) is 10.7. The number of nitrogens with two attached hydrogens (primary N) is 1. The molecule has 1 aromatic carbocycles. The molecule has 0 fully saturated rings. The van der Waals surface area contributed by atoms with Crippen LogP contribution in [0.5, 0.6) is 11.5 Å². The van der Waals surface area contributed by atoms with Gasteiger partial charge in [-0.05, 0) is 38.1 Å². The lowest BCUT2D eigenvalue weighted by atomic mass is 10.1. The van der Waals surface area contributed by atoms with Crippen LogP contribution in [0.25, 0.3) is 6.08 Å². The number of nitriles is 1. The van der Waals surface area contributed by atoms with Crippen LogP contribution in [0.2, 0.25) is 0 Å². The van der Waals surface area contributed by atoms with Crippen LogP contribution in [0, 0.1) is 11.3 Å². The predicted molar refractivity (Wildman–Crippen MR) is 79.2 cm³/mol. The van der Waals surface area contributed by atoms with Gasteiger partial charge in [0.05, 0.1) is 18.8 Å². The first-order valence-corrected chi connectivity index (χ1v) is 6.34. The molecule has 100 valence electrons. The lowest BCUT2D eigenvalue weighted by Crippen LogP contribution is -2.09. The Hall–Kier alpha value is -2.06. The number of nitrogens with zero attached hydrogens (tertiary/aromatic N) is 1. The zero-order valence-electron chi connectivity index (χ0n) is 11.0. The van der Waals surface area contributed by atoms with Gasteiger partial charge in [0, 0.05) is 5.56 Å². The summed E-state index contributed by atoms with van der Waals surface area (Å²) in [6.07, 6.45) is 1.61. The molecule has 0 heterocycles. The molecule has 0 aromatic heterocycles. The van der Waals surface area contributed by atoms with E-state index in [1.165, 1.54) is 0 Å². The van der Waals surface area contributed by atoms with Crippen molar-refractivity contribution in [2.75, 3.05) is 13.2 Å². The lowest BCUT2D eigenvalue weighted by molar-refractivity contribution is 0.330. The number of hydrogen-bond acceptors (Lipinski definition) is 4. The van der Waals surface area contributed by atoms with E-state index in [0.717, 1.165) is 5.56 Å². The molecule has 0 atom stereocenters. The molecule has 5 heteroatoms. The van der Waals surface area contributed by atoms with Gasteiger partial charge in [-0.1, -0.05) is 12.2 Å². The fourth-order valence-corrected chi connectivity index (χ4v) is 1.60. The van der Waals surface area contributed by atoms with E-state index in [9.17, 15) is 0 Å². The van der Waals surface area contributed by atoms with Crippen LogP contribution in [-0.2, 0) is 0 Å². The van der Waals surface area contributed by atoms with Crippen molar-refractivity contribution in [1.82, 2.24) is 0 Å². The molecule has 4 nitrogen and oxygen atoms in total. The van der Waals surface area contributed by atoms with Gasteiger partial charge in [-0.15, -0.1) is 0 Å². The Balaban J connectivity index is 3.24. The first-order chi connectivity index (χ1) is 9.12. The van der Waals surface area contributed by atoms with Gasteiger partial charge >= 0.3 is 0 Å². The van der Waals surface area contributed by atoms with Gasteiger partial charge in [0.2, 0.25) is 0 Å². The standard InChI is InChI=1S/C14H16N2O2S/c1-3-17-12-5-6-13(18-4-2)10(8-12)7-11(9-15)14(16)19/h5-8H,3-4H2,1-2H3,(H2,16,19). The summed E-state index contributed by atoms with van der Waals surface area (Å²) < 4.78 is 10.9. The Bertz CT molecular complexity index is 533. The average molecular weight is 276 g/mol. The number of hydrogen-bond donors (Lipinski definition) is 1. The van der Waals surface area contributed by atoms with E-state index in [1.54, 1.807) is 18.2 Å². The van der Waals surface area contributed by atoms with Gasteiger partial charge in [-0.2, -0.15) is 5.26 Å². The summed E-state index contributed by atoms with van der Waals surface area (Å²) in [7, 11) is 0. The minimum atomic E-state index is 0.0618. The van der Waals surface area contributed by atoms with E-state index in [1.807, 2.05) is 26.0 Å². The molecule has 1 aromatic rings. The van der Waals surface area contributed by atoms with Crippen LogP contribution in [0.1, 0.15) is 19.4 Å². The number of benzene rings is 1. The molecule has 0 saturated carbocycles. The van der Waals surface area contributed by atoms with E-state index in [-0.39, 0.29) is 10.6 Å². The summed E-state index contributed by atoms with van der Waals surface area (Å²) in [5.41, 5.74) is 6.44. The van der Waals surface area contributed by atoms with Crippen LogP contribution in [0.4, 0.5) is 0 Å². The monoisotopic (exact) mass is 276 g/mol. The fraction of sp³-hybridized carbons (Fsp3) is 0.286. The SMILES string of the molecule is CCOc1ccc(OCC)c(C=C(C#N)C(N)=S)c1. The summed E-state index contributed by atoms with van der Waals surface area (Å²) in [5, 5.41) is 8.99. The quantitative estimate of drug-likeness (QED) is 0.491.